The van der Waals surface area contributed by atoms with Gasteiger partial charge in [-0.25, -0.2) is 0 Å². The number of aliphatic hydroxyl groups excluding tert-OH is 3. The molecule has 0 aromatic carbocycles. The van der Waals surface area contributed by atoms with Gasteiger partial charge in [0.05, 0.1) is 18.8 Å². The minimum Gasteiger partial charge on any atom is -0.394 e. The van der Waals surface area contributed by atoms with Crippen LogP contribution in [0.3, 0.4) is 0 Å². The van der Waals surface area contributed by atoms with Gasteiger partial charge in [0.15, 0.2) is 0 Å². The predicted molar refractivity (Wildman–Crippen MR) is 51.6 cm³/mol. The molecule has 0 aromatic heterocycles. The Morgan fingerprint density at radius 1 is 1.36 bits per heavy atom. The molecule has 0 saturated carbocycles. The van der Waals surface area contributed by atoms with Gasteiger partial charge in [-0.1, -0.05) is 6.92 Å². The summed E-state index contributed by atoms with van der Waals surface area (Å²) in [5.74, 6) is -0.0556. The normalized spacial score (nSPS) is 14.9. The molecule has 1 unspecified atom stereocenters. The number of hydrogen-bond acceptors (Lipinski definition) is 4. The summed E-state index contributed by atoms with van der Waals surface area (Å²) in [6.07, 6.45) is -0.613. The third kappa shape index (κ3) is 6.82. The molecular weight excluding hydrogens is 186 g/mol. The number of carbonyl (C=O) groups is 1. The van der Waals surface area contributed by atoms with Crippen LogP contribution in [0.5, 0.6) is 0 Å². The SMILES string of the molecule is CCC(=O)NCC[C@@H](O)CC(O)CO. The lowest BCUT2D eigenvalue weighted by Gasteiger charge is -2.13. The highest BCUT2D eigenvalue weighted by Gasteiger charge is 2.10. The number of hydrogen-bond donors (Lipinski definition) is 4. The van der Waals surface area contributed by atoms with Crippen molar-refractivity contribution >= 4 is 5.91 Å². The minimum atomic E-state index is -0.883. The van der Waals surface area contributed by atoms with E-state index in [0.717, 1.165) is 0 Å². The molecule has 0 rings (SSSR count). The Morgan fingerprint density at radius 3 is 2.50 bits per heavy atom. The molecule has 5 heteroatoms. The molecule has 0 heterocycles. The molecule has 4 N–H and O–H groups in total. The van der Waals surface area contributed by atoms with Crippen LogP contribution in [0.25, 0.3) is 0 Å². The lowest BCUT2D eigenvalue weighted by atomic mass is 10.1. The van der Waals surface area contributed by atoms with E-state index in [1.807, 2.05) is 0 Å². The summed E-state index contributed by atoms with van der Waals surface area (Å²) in [6.45, 7) is 1.80. The first-order valence-corrected chi connectivity index (χ1v) is 4.83. The Morgan fingerprint density at radius 2 is 2.00 bits per heavy atom. The largest absolute Gasteiger partial charge is 0.394 e. The van der Waals surface area contributed by atoms with Gasteiger partial charge in [0.25, 0.3) is 0 Å². The number of aliphatic hydroxyl groups is 3. The van der Waals surface area contributed by atoms with Crippen molar-refractivity contribution in [1.82, 2.24) is 5.32 Å². The molecule has 0 fully saturated rings. The maximum Gasteiger partial charge on any atom is 0.219 e. The molecule has 0 aliphatic heterocycles. The fourth-order valence-corrected chi connectivity index (χ4v) is 1.01. The zero-order valence-corrected chi connectivity index (χ0v) is 8.44. The third-order valence-corrected chi connectivity index (χ3v) is 1.88. The zero-order chi connectivity index (χ0) is 11.0. The highest BCUT2D eigenvalue weighted by molar-refractivity contribution is 5.75. The maximum atomic E-state index is 10.8. The quantitative estimate of drug-likeness (QED) is 0.429. The van der Waals surface area contributed by atoms with Crippen LogP contribution in [0.2, 0.25) is 0 Å². The van der Waals surface area contributed by atoms with Crippen molar-refractivity contribution in [2.24, 2.45) is 0 Å². The highest BCUT2D eigenvalue weighted by atomic mass is 16.3. The van der Waals surface area contributed by atoms with Crippen LogP contribution in [-0.4, -0.2) is 46.6 Å². The van der Waals surface area contributed by atoms with Crippen molar-refractivity contribution in [1.29, 1.82) is 0 Å². The first-order valence-electron chi connectivity index (χ1n) is 4.83. The standard InChI is InChI=1S/C9H19NO4/c1-2-9(14)10-4-3-7(12)5-8(13)6-11/h7-8,11-13H,2-6H2,1H3,(H,10,14)/t7-,8?/m1/s1. The van der Waals surface area contributed by atoms with Crippen LogP contribution in [0.1, 0.15) is 26.2 Å². The van der Waals surface area contributed by atoms with Gasteiger partial charge < -0.3 is 20.6 Å². The topological polar surface area (TPSA) is 89.8 Å². The van der Waals surface area contributed by atoms with Crippen molar-refractivity contribution in [3.8, 4) is 0 Å². The molecular formula is C9H19NO4. The molecule has 0 aromatic rings. The second-order valence-electron chi connectivity index (χ2n) is 3.22. The van der Waals surface area contributed by atoms with E-state index >= 15 is 0 Å². The van der Waals surface area contributed by atoms with Crippen LogP contribution in [0.15, 0.2) is 0 Å². The van der Waals surface area contributed by atoms with Gasteiger partial charge in [-0.05, 0) is 6.42 Å². The highest BCUT2D eigenvalue weighted by Crippen LogP contribution is 2.01. The molecule has 0 aliphatic rings. The molecule has 2 atom stereocenters. The van der Waals surface area contributed by atoms with Gasteiger partial charge >= 0.3 is 0 Å². The molecule has 0 spiro atoms. The molecule has 0 radical (unpaired) electrons. The Labute approximate surface area is 83.8 Å². The second-order valence-corrected chi connectivity index (χ2v) is 3.22. The van der Waals surface area contributed by atoms with E-state index in [0.29, 0.717) is 19.4 Å². The van der Waals surface area contributed by atoms with Crippen LogP contribution in [-0.2, 0) is 4.79 Å². The molecule has 14 heavy (non-hydrogen) atoms. The average Bonchev–Trinajstić information content (AvgIpc) is 2.17. The van der Waals surface area contributed by atoms with Crippen LogP contribution in [0.4, 0.5) is 0 Å². The first kappa shape index (κ1) is 13.4. The van der Waals surface area contributed by atoms with Crippen molar-refractivity contribution in [2.75, 3.05) is 13.2 Å². The lowest BCUT2D eigenvalue weighted by Crippen LogP contribution is -2.28. The molecule has 0 aliphatic carbocycles. The predicted octanol–water partition coefficient (Wildman–Crippen LogP) is -0.993. The summed E-state index contributed by atoms with van der Waals surface area (Å²) < 4.78 is 0. The molecule has 0 saturated heterocycles. The van der Waals surface area contributed by atoms with Crippen LogP contribution < -0.4 is 5.32 Å². The number of amides is 1. The third-order valence-electron chi connectivity index (χ3n) is 1.88. The van der Waals surface area contributed by atoms with Crippen molar-refractivity contribution in [3.05, 3.63) is 0 Å². The van der Waals surface area contributed by atoms with Gasteiger partial charge in [-0.15, -0.1) is 0 Å². The number of nitrogens with one attached hydrogen (secondary N) is 1. The minimum absolute atomic E-state index is 0.0556. The molecule has 5 nitrogen and oxygen atoms in total. The summed E-state index contributed by atoms with van der Waals surface area (Å²) in [5.41, 5.74) is 0. The maximum absolute atomic E-state index is 10.8. The van der Waals surface area contributed by atoms with Crippen LogP contribution in [0, 0.1) is 0 Å². The Hall–Kier alpha value is -0.650. The molecule has 0 bridgehead atoms. The zero-order valence-electron chi connectivity index (χ0n) is 8.44. The van der Waals surface area contributed by atoms with Gasteiger partial charge in [0.2, 0.25) is 5.91 Å². The van der Waals surface area contributed by atoms with Gasteiger partial charge in [0, 0.05) is 19.4 Å². The monoisotopic (exact) mass is 205 g/mol. The van der Waals surface area contributed by atoms with Gasteiger partial charge in [-0.2, -0.15) is 0 Å². The Kier molecular flexibility index (Phi) is 7.37. The molecule has 84 valence electrons. The first-order chi connectivity index (χ1) is 6.60. The smallest absolute Gasteiger partial charge is 0.219 e. The van der Waals surface area contributed by atoms with Gasteiger partial charge in [0.1, 0.15) is 0 Å². The van der Waals surface area contributed by atoms with Crippen molar-refractivity contribution in [2.45, 2.75) is 38.4 Å². The van der Waals surface area contributed by atoms with E-state index in [1.165, 1.54) is 0 Å². The van der Waals surface area contributed by atoms with Gasteiger partial charge in [-0.3, -0.25) is 4.79 Å². The number of carbonyl (C=O) groups excluding carboxylic acids is 1. The average molecular weight is 205 g/mol. The summed E-state index contributed by atoms with van der Waals surface area (Å²) >= 11 is 0. The van der Waals surface area contributed by atoms with Crippen molar-refractivity contribution in [3.63, 3.8) is 0 Å². The fraction of sp³-hybridized carbons (Fsp3) is 0.889. The Bertz CT molecular complexity index is 163. The summed E-state index contributed by atoms with van der Waals surface area (Å²) in [6, 6.07) is 0. The summed E-state index contributed by atoms with van der Waals surface area (Å²) in [4.78, 5) is 10.8. The van der Waals surface area contributed by atoms with Crippen LogP contribution >= 0.6 is 0 Å². The van der Waals surface area contributed by atoms with E-state index in [1.54, 1.807) is 6.92 Å². The van der Waals surface area contributed by atoms with E-state index < -0.39 is 12.2 Å². The summed E-state index contributed by atoms with van der Waals surface area (Å²) in [5, 5.41) is 29.4. The molecule has 1 amide bonds. The lowest BCUT2D eigenvalue weighted by molar-refractivity contribution is -0.120. The van der Waals surface area contributed by atoms with E-state index in [2.05, 4.69) is 5.32 Å². The van der Waals surface area contributed by atoms with E-state index in [-0.39, 0.29) is 18.9 Å². The fourth-order valence-electron chi connectivity index (χ4n) is 1.01. The number of rotatable bonds is 7. The van der Waals surface area contributed by atoms with E-state index in [4.69, 9.17) is 10.2 Å². The van der Waals surface area contributed by atoms with E-state index in [9.17, 15) is 9.90 Å². The summed E-state index contributed by atoms with van der Waals surface area (Å²) in [7, 11) is 0. The Balaban J connectivity index is 3.44. The van der Waals surface area contributed by atoms with Crippen molar-refractivity contribution < 1.29 is 20.1 Å². The second kappa shape index (κ2) is 7.73.